The minimum Gasteiger partial charge on any atom is -0.508 e. The van der Waals surface area contributed by atoms with Crippen LogP contribution < -0.4 is 11.1 Å². The number of nitrogens with one attached hydrogen (secondary N) is 1. The van der Waals surface area contributed by atoms with Crippen molar-refractivity contribution in [1.82, 2.24) is 10.2 Å². The van der Waals surface area contributed by atoms with Gasteiger partial charge < -0.3 is 35.8 Å². The highest BCUT2D eigenvalue weighted by molar-refractivity contribution is 6.24. The van der Waals surface area contributed by atoms with Crippen molar-refractivity contribution in [3.05, 3.63) is 45.2 Å². The van der Waals surface area contributed by atoms with Crippen LogP contribution in [0.25, 0.3) is 5.76 Å². The quantitative estimate of drug-likeness (QED) is 0.206. The first-order valence-electron chi connectivity index (χ1n) is 13.7. The average molecular weight is 612 g/mol. The molecule has 1 aromatic rings. The fourth-order valence-electron chi connectivity index (χ4n) is 6.79. The number of carbonyl (C=O) groups excluding carboxylic acids is 3. The summed E-state index contributed by atoms with van der Waals surface area (Å²) in [5.74, 6) is -8.00. The fourth-order valence-corrected chi connectivity index (χ4v) is 6.79. The monoisotopic (exact) mass is 611 g/mol. The summed E-state index contributed by atoms with van der Waals surface area (Å²) in [5.41, 5.74) is -0.429. The first-order valence-corrected chi connectivity index (χ1v) is 13.7. The molecule has 0 saturated heterocycles. The number of Topliss-reactive ketones (excluding diaryl/α,β-unsaturated/α-hetero) is 2. The second-order valence-electron chi connectivity index (χ2n) is 11.5. The van der Waals surface area contributed by atoms with E-state index in [4.69, 9.17) is 15.2 Å². The van der Waals surface area contributed by atoms with E-state index in [1.807, 2.05) is 13.8 Å². The highest BCUT2D eigenvalue weighted by Gasteiger charge is 2.65. The molecule has 4 atom stereocenters. The van der Waals surface area contributed by atoms with Crippen LogP contribution in [-0.4, -0.2) is 89.8 Å². The summed E-state index contributed by atoms with van der Waals surface area (Å²) in [4.78, 5) is 41.2. The molecule has 11 nitrogen and oxygen atoms in total. The summed E-state index contributed by atoms with van der Waals surface area (Å²) in [6, 6.07) is -0.326. The van der Waals surface area contributed by atoms with E-state index in [1.165, 1.54) is 19.0 Å². The summed E-state index contributed by atoms with van der Waals surface area (Å²) < 4.78 is 54.8. The fraction of sp³-hybridized carbons (Fsp3) is 0.552. The molecular formula is C29H36F3N3O8. The number of phenols is 1. The molecule has 0 aromatic heterocycles. The van der Waals surface area contributed by atoms with Crippen LogP contribution in [0.5, 0.6) is 5.75 Å². The Morgan fingerprint density at radius 1 is 1.23 bits per heavy atom. The Morgan fingerprint density at radius 2 is 1.88 bits per heavy atom. The maximum Gasteiger partial charge on any atom is 0.417 e. The predicted molar refractivity (Wildman–Crippen MR) is 147 cm³/mol. The number of primary amides is 1. The Kier molecular flexibility index (Phi) is 8.73. The van der Waals surface area contributed by atoms with Crippen molar-refractivity contribution >= 4 is 23.2 Å². The molecule has 0 radical (unpaired) electrons. The molecule has 43 heavy (non-hydrogen) atoms. The van der Waals surface area contributed by atoms with Crippen molar-refractivity contribution in [3.8, 4) is 5.75 Å². The van der Waals surface area contributed by atoms with Gasteiger partial charge in [-0.25, -0.2) is 0 Å². The van der Waals surface area contributed by atoms with Crippen LogP contribution in [-0.2, 0) is 43.0 Å². The van der Waals surface area contributed by atoms with Crippen LogP contribution >= 0.6 is 0 Å². The lowest BCUT2D eigenvalue weighted by Crippen LogP contribution is -2.66. The molecule has 3 aliphatic carbocycles. The highest BCUT2D eigenvalue weighted by Crippen LogP contribution is 2.55. The number of fused-ring (bicyclic) bond motifs is 3. The third-order valence-corrected chi connectivity index (χ3v) is 8.42. The smallest absolute Gasteiger partial charge is 0.417 e. The van der Waals surface area contributed by atoms with Crippen molar-refractivity contribution in [3.63, 3.8) is 0 Å². The van der Waals surface area contributed by atoms with E-state index in [0.29, 0.717) is 0 Å². The van der Waals surface area contributed by atoms with Gasteiger partial charge in [0, 0.05) is 31.7 Å². The van der Waals surface area contributed by atoms with E-state index >= 15 is 0 Å². The molecule has 0 aliphatic heterocycles. The highest BCUT2D eigenvalue weighted by atomic mass is 19.4. The number of benzene rings is 1. The van der Waals surface area contributed by atoms with E-state index in [9.17, 15) is 42.9 Å². The lowest BCUT2D eigenvalue weighted by atomic mass is 9.57. The summed E-state index contributed by atoms with van der Waals surface area (Å²) >= 11 is 0. The van der Waals surface area contributed by atoms with Crippen LogP contribution in [0.1, 0.15) is 42.5 Å². The molecule has 0 unspecified atom stereocenters. The van der Waals surface area contributed by atoms with Gasteiger partial charge in [0.25, 0.3) is 5.91 Å². The van der Waals surface area contributed by atoms with Crippen LogP contribution in [0.4, 0.5) is 13.2 Å². The lowest BCUT2D eigenvalue weighted by molar-refractivity contribution is -0.159. The van der Waals surface area contributed by atoms with Crippen molar-refractivity contribution in [1.29, 1.82) is 0 Å². The number of rotatable bonds is 9. The number of nitrogens with zero attached hydrogens (tertiary/aromatic N) is 1. The zero-order valence-electron chi connectivity index (χ0n) is 24.5. The summed E-state index contributed by atoms with van der Waals surface area (Å²) in [6.07, 6.45) is -5.55. The van der Waals surface area contributed by atoms with Gasteiger partial charge in [-0.2, -0.15) is 13.2 Å². The number of ether oxygens (including phenoxy) is 2. The number of phenolic OH excluding ortho intramolecular Hbond substituents is 1. The van der Waals surface area contributed by atoms with E-state index < -0.39 is 93.1 Å². The van der Waals surface area contributed by atoms with Gasteiger partial charge in [-0.15, -0.1) is 0 Å². The average Bonchev–Trinajstić information content (AvgIpc) is 2.86. The van der Waals surface area contributed by atoms with Gasteiger partial charge in [0.05, 0.1) is 29.9 Å². The molecule has 0 heterocycles. The zero-order valence-corrected chi connectivity index (χ0v) is 24.5. The molecule has 236 valence electrons. The number of ketones is 2. The molecule has 1 saturated carbocycles. The standard InChI is InChI=1S/C29H36F3N3O8/c1-12(2)43-7-6-34-11-14-10-17(36)19-15(21(14)29(30,31)32)8-13-9-16-22(35(3)4)24(38)20(27(33)41)26(40)28(16,42-5)25(39)18(13)23(19)37/h10,12-13,16,22,34,36-37,40H,6-9,11H2,1-5H3,(H2,33,41)/t13-,16-,22-,28-/m0/s1. The number of halogens is 3. The van der Waals surface area contributed by atoms with Crippen molar-refractivity contribution in [2.45, 2.75) is 57.2 Å². The van der Waals surface area contributed by atoms with Gasteiger partial charge in [-0.1, -0.05) is 0 Å². The van der Waals surface area contributed by atoms with Gasteiger partial charge in [-0.05, 0) is 63.9 Å². The summed E-state index contributed by atoms with van der Waals surface area (Å²) in [6.45, 7) is 3.87. The lowest BCUT2D eigenvalue weighted by Gasteiger charge is -2.52. The Labute approximate surface area is 246 Å². The van der Waals surface area contributed by atoms with Crippen molar-refractivity contribution in [2.24, 2.45) is 17.6 Å². The summed E-state index contributed by atoms with van der Waals surface area (Å²) in [5, 5.41) is 36.3. The number of nitrogens with two attached hydrogens (primary N) is 1. The molecule has 3 aliphatic rings. The minimum absolute atomic E-state index is 0.0642. The number of hydrogen-bond donors (Lipinski definition) is 5. The Morgan fingerprint density at radius 3 is 2.42 bits per heavy atom. The predicted octanol–water partition coefficient (Wildman–Crippen LogP) is 2.15. The van der Waals surface area contributed by atoms with Gasteiger partial charge in [0.15, 0.2) is 11.4 Å². The Hall–Kier alpha value is -3.46. The number of hydrogen-bond acceptors (Lipinski definition) is 10. The molecule has 1 aromatic carbocycles. The molecule has 4 rings (SSSR count). The van der Waals surface area contributed by atoms with Crippen molar-refractivity contribution < 1.29 is 52.3 Å². The molecule has 14 heteroatoms. The van der Waals surface area contributed by atoms with Crippen LogP contribution in [0.2, 0.25) is 0 Å². The third-order valence-electron chi connectivity index (χ3n) is 8.42. The number of aliphatic hydroxyl groups is 2. The number of methoxy groups -OCH3 is 1. The van der Waals surface area contributed by atoms with E-state index in [0.717, 1.165) is 13.2 Å². The normalized spacial score (nSPS) is 25.8. The Bertz CT molecular complexity index is 1420. The first-order chi connectivity index (χ1) is 20.0. The van der Waals surface area contributed by atoms with Gasteiger partial charge in [0.1, 0.15) is 22.8 Å². The van der Waals surface area contributed by atoms with E-state index in [1.54, 1.807) is 0 Å². The molecule has 0 bridgehead atoms. The maximum atomic E-state index is 14.6. The van der Waals surface area contributed by atoms with Crippen LogP contribution in [0.15, 0.2) is 23.0 Å². The first kappa shape index (κ1) is 32.5. The number of amides is 1. The number of aliphatic hydroxyl groups excluding tert-OH is 2. The second kappa shape index (κ2) is 11.6. The van der Waals surface area contributed by atoms with Crippen LogP contribution in [0, 0.1) is 11.8 Å². The second-order valence-corrected chi connectivity index (χ2v) is 11.5. The van der Waals surface area contributed by atoms with Crippen LogP contribution in [0.3, 0.4) is 0 Å². The van der Waals surface area contributed by atoms with E-state index in [-0.39, 0.29) is 43.4 Å². The van der Waals surface area contributed by atoms with E-state index in [2.05, 4.69) is 5.32 Å². The zero-order chi connectivity index (χ0) is 32.2. The van der Waals surface area contributed by atoms with Gasteiger partial charge in [0.2, 0.25) is 5.78 Å². The third kappa shape index (κ3) is 5.19. The largest absolute Gasteiger partial charge is 0.508 e. The van der Waals surface area contributed by atoms with Gasteiger partial charge in [-0.3, -0.25) is 19.3 Å². The molecule has 6 N–H and O–H groups in total. The topological polar surface area (TPSA) is 172 Å². The molecule has 1 fully saturated rings. The summed E-state index contributed by atoms with van der Waals surface area (Å²) in [7, 11) is 4.07. The number of carbonyl (C=O) groups is 3. The van der Waals surface area contributed by atoms with Gasteiger partial charge >= 0.3 is 6.18 Å². The SMILES string of the molecule is CO[C@]12C(=O)C3=C(O)c4c(O)cc(CNCCOC(C)C)c(C(F)(F)F)c4C[C@H]3C[C@H]1[C@H](N(C)C)C(=O)C(C(N)=O)=C2O. The number of alkyl halides is 3. The molecule has 1 amide bonds. The minimum atomic E-state index is -4.89. The molecule has 0 spiro atoms. The Balaban J connectivity index is 1.90. The number of aromatic hydroxyl groups is 1. The molecular weight excluding hydrogens is 575 g/mol. The maximum absolute atomic E-state index is 14.6. The van der Waals surface area contributed by atoms with Crippen molar-refractivity contribution in [2.75, 3.05) is 34.4 Å². The number of likely N-dealkylation sites (N-methyl/N-ethyl adjacent to an activating group) is 1.